The molecule has 3 rings (SSSR count). The van der Waals surface area contributed by atoms with E-state index in [2.05, 4.69) is 54.9 Å². The Balaban J connectivity index is 1.56. The second kappa shape index (κ2) is 10.2. The van der Waals surface area contributed by atoms with E-state index >= 15 is 0 Å². The van der Waals surface area contributed by atoms with Crippen LogP contribution in [0, 0.1) is 17.8 Å². The minimum atomic E-state index is 0.722. The van der Waals surface area contributed by atoms with E-state index in [9.17, 15) is 0 Å². The van der Waals surface area contributed by atoms with Crippen LogP contribution in [0.3, 0.4) is 0 Å². The SMILES string of the molecule is CCCOc1ccc(C#Cc2ccc([C@H]3CC[C@H](CCC)CC3)cc2)nc1. The smallest absolute Gasteiger partial charge is 0.137 e. The van der Waals surface area contributed by atoms with Crippen molar-refractivity contribution in [3.63, 3.8) is 0 Å². The summed E-state index contributed by atoms with van der Waals surface area (Å²) in [4.78, 5) is 4.36. The van der Waals surface area contributed by atoms with Crippen molar-refractivity contribution in [2.75, 3.05) is 6.61 Å². The zero-order chi connectivity index (χ0) is 18.9. The van der Waals surface area contributed by atoms with E-state index in [0.29, 0.717) is 0 Å². The third-order valence-corrected chi connectivity index (χ3v) is 5.47. The molecule has 0 radical (unpaired) electrons. The average molecular weight is 362 g/mol. The molecule has 0 atom stereocenters. The average Bonchev–Trinajstić information content (AvgIpc) is 2.73. The van der Waals surface area contributed by atoms with Crippen molar-refractivity contribution in [1.82, 2.24) is 4.98 Å². The molecule has 27 heavy (non-hydrogen) atoms. The quantitative estimate of drug-likeness (QED) is 0.560. The van der Waals surface area contributed by atoms with Gasteiger partial charge in [-0.1, -0.05) is 44.7 Å². The molecule has 1 aliphatic rings. The van der Waals surface area contributed by atoms with Crippen molar-refractivity contribution in [2.24, 2.45) is 5.92 Å². The van der Waals surface area contributed by atoms with Gasteiger partial charge in [-0.15, -0.1) is 0 Å². The van der Waals surface area contributed by atoms with Crippen molar-refractivity contribution < 1.29 is 4.74 Å². The fourth-order valence-corrected chi connectivity index (χ4v) is 3.93. The molecule has 0 N–H and O–H groups in total. The molecule has 142 valence electrons. The lowest BCUT2D eigenvalue weighted by Crippen LogP contribution is -2.13. The molecule has 1 aromatic heterocycles. The van der Waals surface area contributed by atoms with Crippen LogP contribution in [0.5, 0.6) is 5.75 Å². The van der Waals surface area contributed by atoms with E-state index in [0.717, 1.165) is 41.9 Å². The number of aromatic nitrogens is 1. The number of hydrogen-bond acceptors (Lipinski definition) is 2. The van der Waals surface area contributed by atoms with Crippen LogP contribution < -0.4 is 4.74 Å². The van der Waals surface area contributed by atoms with Gasteiger partial charge in [0.25, 0.3) is 0 Å². The molecule has 2 heteroatoms. The summed E-state index contributed by atoms with van der Waals surface area (Å²) in [6.07, 6.45) is 10.9. The summed E-state index contributed by atoms with van der Waals surface area (Å²) >= 11 is 0. The Morgan fingerprint density at radius 2 is 1.70 bits per heavy atom. The monoisotopic (exact) mass is 361 g/mol. The van der Waals surface area contributed by atoms with E-state index in [4.69, 9.17) is 4.74 Å². The van der Waals surface area contributed by atoms with Crippen LogP contribution in [0.4, 0.5) is 0 Å². The molecule has 1 heterocycles. The number of ether oxygens (including phenoxy) is 1. The first kappa shape index (κ1) is 19.5. The molecule has 0 saturated heterocycles. The van der Waals surface area contributed by atoms with Crippen molar-refractivity contribution in [3.05, 3.63) is 59.4 Å². The molecule has 1 aliphatic carbocycles. The predicted molar refractivity (Wildman–Crippen MR) is 112 cm³/mol. The van der Waals surface area contributed by atoms with E-state index in [1.165, 1.54) is 44.1 Å². The van der Waals surface area contributed by atoms with Crippen molar-refractivity contribution >= 4 is 0 Å². The summed E-state index contributed by atoms with van der Waals surface area (Å²) in [6.45, 7) is 5.12. The van der Waals surface area contributed by atoms with Crippen LogP contribution in [0.15, 0.2) is 42.6 Å². The summed E-state index contributed by atoms with van der Waals surface area (Å²) in [5.74, 6) is 8.87. The number of nitrogens with zero attached hydrogens (tertiary/aromatic N) is 1. The number of hydrogen-bond donors (Lipinski definition) is 0. The largest absolute Gasteiger partial charge is 0.492 e. The number of benzene rings is 1. The lowest BCUT2D eigenvalue weighted by atomic mass is 9.77. The summed E-state index contributed by atoms with van der Waals surface area (Å²) < 4.78 is 5.55. The molecular weight excluding hydrogens is 330 g/mol. The van der Waals surface area contributed by atoms with Gasteiger partial charge in [-0.2, -0.15) is 0 Å². The first-order valence-corrected chi connectivity index (χ1v) is 10.5. The van der Waals surface area contributed by atoms with Crippen LogP contribution >= 0.6 is 0 Å². The van der Waals surface area contributed by atoms with Gasteiger partial charge in [0, 0.05) is 5.56 Å². The van der Waals surface area contributed by atoms with E-state index < -0.39 is 0 Å². The molecule has 0 unspecified atom stereocenters. The van der Waals surface area contributed by atoms with Crippen LogP contribution in [0.25, 0.3) is 0 Å². The Hall–Kier alpha value is -2.27. The van der Waals surface area contributed by atoms with Crippen LogP contribution in [-0.4, -0.2) is 11.6 Å². The Bertz CT molecular complexity index is 744. The van der Waals surface area contributed by atoms with Crippen molar-refractivity contribution in [1.29, 1.82) is 0 Å². The van der Waals surface area contributed by atoms with Crippen molar-refractivity contribution in [2.45, 2.75) is 64.7 Å². The van der Waals surface area contributed by atoms with Gasteiger partial charge in [0.1, 0.15) is 11.4 Å². The van der Waals surface area contributed by atoms with Gasteiger partial charge in [-0.05, 0) is 79.7 Å². The van der Waals surface area contributed by atoms with Gasteiger partial charge < -0.3 is 4.74 Å². The Morgan fingerprint density at radius 1 is 0.926 bits per heavy atom. The fourth-order valence-electron chi connectivity index (χ4n) is 3.93. The normalized spacial score (nSPS) is 19.2. The Kier molecular flexibility index (Phi) is 7.34. The minimum absolute atomic E-state index is 0.722. The Morgan fingerprint density at radius 3 is 2.33 bits per heavy atom. The van der Waals surface area contributed by atoms with Gasteiger partial charge in [-0.25, -0.2) is 4.98 Å². The summed E-state index contributed by atoms with van der Waals surface area (Å²) in [5, 5.41) is 0. The number of pyridine rings is 1. The maximum Gasteiger partial charge on any atom is 0.137 e. The molecule has 2 aromatic rings. The molecule has 1 saturated carbocycles. The highest BCUT2D eigenvalue weighted by Crippen LogP contribution is 2.37. The van der Waals surface area contributed by atoms with Gasteiger partial charge in [-0.3, -0.25) is 0 Å². The van der Waals surface area contributed by atoms with Crippen LogP contribution in [0.2, 0.25) is 0 Å². The van der Waals surface area contributed by atoms with Gasteiger partial charge >= 0.3 is 0 Å². The molecule has 0 amide bonds. The third-order valence-electron chi connectivity index (χ3n) is 5.47. The highest BCUT2D eigenvalue weighted by Gasteiger charge is 2.21. The highest BCUT2D eigenvalue weighted by atomic mass is 16.5. The second-order valence-electron chi connectivity index (χ2n) is 7.61. The number of rotatable bonds is 6. The molecular formula is C25H31NO. The first-order chi connectivity index (χ1) is 13.3. The maximum absolute atomic E-state index is 5.55. The van der Waals surface area contributed by atoms with Crippen molar-refractivity contribution in [3.8, 4) is 17.6 Å². The molecule has 0 bridgehead atoms. The molecule has 0 aliphatic heterocycles. The first-order valence-electron chi connectivity index (χ1n) is 10.5. The van der Waals surface area contributed by atoms with Gasteiger partial charge in [0.15, 0.2) is 0 Å². The molecule has 2 nitrogen and oxygen atoms in total. The molecule has 1 aromatic carbocycles. The zero-order valence-electron chi connectivity index (χ0n) is 16.7. The fraction of sp³-hybridized carbons (Fsp3) is 0.480. The topological polar surface area (TPSA) is 22.1 Å². The zero-order valence-corrected chi connectivity index (χ0v) is 16.7. The minimum Gasteiger partial charge on any atom is -0.492 e. The summed E-state index contributed by atoms with van der Waals surface area (Å²) in [7, 11) is 0. The van der Waals surface area contributed by atoms with E-state index in [1.54, 1.807) is 6.20 Å². The lowest BCUT2D eigenvalue weighted by Gasteiger charge is -2.28. The lowest BCUT2D eigenvalue weighted by molar-refractivity contribution is 0.308. The van der Waals surface area contributed by atoms with Crippen LogP contribution in [0.1, 0.15) is 81.5 Å². The van der Waals surface area contributed by atoms with E-state index in [1.807, 2.05) is 12.1 Å². The van der Waals surface area contributed by atoms with Gasteiger partial charge in [0.2, 0.25) is 0 Å². The maximum atomic E-state index is 5.55. The molecule has 1 fully saturated rings. The summed E-state index contributed by atoms with van der Waals surface area (Å²) in [5.41, 5.74) is 3.30. The third kappa shape index (κ3) is 5.86. The second-order valence-corrected chi connectivity index (χ2v) is 7.61. The highest BCUT2D eigenvalue weighted by molar-refractivity contribution is 5.42. The Labute approximate surface area is 164 Å². The van der Waals surface area contributed by atoms with Crippen LogP contribution in [-0.2, 0) is 0 Å². The predicted octanol–water partition coefficient (Wildman–Crippen LogP) is 6.34. The van der Waals surface area contributed by atoms with Gasteiger partial charge in [0.05, 0.1) is 12.8 Å². The summed E-state index contributed by atoms with van der Waals surface area (Å²) in [6, 6.07) is 12.7. The standard InChI is InChI=1S/C25H31NO/c1-3-5-20-6-11-22(12-7-20)23-13-8-21(9-14-23)10-15-24-16-17-25(19-26-24)27-18-4-2/h8-9,13-14,16-17,19-20,22H,3-7,11-12,18H2,1-2H3/t20-,22-. The van der Waals surface area contributed by atoms with E-state index in [-0.39, 0.29) is 0 Å². The molecule has 0 spiro atoms.